The average Bonchev–Trinajstić information content (AvgIpc) is 3.04. The number of piperidine rings is 1. The molecule has 1 aromatic carbocycles. The number of amides is 2. The monoisotopic (exact) mass is 387 g/mol. The summed E-state index contributed by atoms with van der Waals surface area (Å²) < 4.78 is 14.5. The Hall–Kier alpha value is -2.94. The van der Waals surface area contributed by atoms with Gasteiger partial charge in [-0.3, -0.25) is 14.3 Å². The van der Waals surface area contributed by atoms with Gasteiger partial charge in [-0.1, -0.05) is 12.1 Å². The number of carbonyl (C=O) groups is 2. The molecule has 1 saturated heterocycles. The summed E-state index contributed by atoms with van der Waals surface area (Å²) in [6.45, 7) is 2.71. The maximum Gasteiger partial charge on any atom is 0.276 e. The van der Waals surface area contributed by atoms with Gasteiger partial charge in [0, 0.05) is 19.1 Å². The van der Waals surface area contributed by atoms with Crippen LogP contribution in [-0.4, -0.2) is 57.3 Å². The van der Waals surface area contributed by atoms with E-state index in [1.165, 1.54) is 16.8 Å². The molecule has 8 nitrogen and oxygen atoms in total. The van der Waals surface area contributed by atoms with Crippen molar-refractivity contribution in [1.82, 2.24) is 25.3 Å². The molecule has 0 saturated carbocycles. The third-order valence-electron chi connectivity index (χ3n) is 5.18. The van der Waals surface area contributed by atoms with Crippen molar-refractivity contribution in [1.29, 1.82) is 0 Å². The smallest absolute Gasteiger partial charge is 0.276 e. The zero-order valence-electron chi connectivity index (χ0n) is 15.3. The normalized spacial score (nSPS) is 17.5. The van der Waals surface area contributed by atoms with Gasteiger partial charge >= 0.3 is 0 Å². The minimum absolute atomic E-state index is 0.0174. The van der Waals surface area contributed by atoms with Crippen LogP contribution in [0.3, 0.4) is 0 Å². The molecule has 0 atom stereocenters. The zero-order chi connectivity index (χ0) is 19.7. The Morgan fingerprint density at radius 1 is 1.25 bits per heavy atom. The lowest BCUT2D eigenvalue weighted by molar-refractivity contribution is 0.0679. The maximum atomic E-state index is 13.1. The van der Waals surface area contributed by atoms with Gasteiger partial charge in [-0.2, -0.15) is 5.10 Å². The summed E-state index contributed by atoms with van der Waals surface area (Å²) in [5.74, 6) is -1.60. The second kappa shape index (κ2) is 7.59. The van der Waals surface area contributed by atoms with E-state index in [4.69, 9.17) is 0 Å². The van der Waals surface area contributed by atoms with Crippen molar-refractivity contribution < 1.29 is 19.1 Å². The number of aromatic hydroxyl groups is 1. The molecule has 2 aliphatic rings. The molecule has 0 bridgehead atoms. The summed E-state index contributed by atoms with van der Waals surface area (Å²) in [5.41, 5.74) is 0.681. The Labute approximate surface area is 161 Å². The quantitative estimate of drug-likeness (QED) is 0.723. The van der Waals surface area contributed by atoms with Gasteiger partial charge in [-0.05, 0) is 43.6 Å². The van der Waals surface area contributed by atoms with Crippen molar-refractivity contribution in [2.45, 2.75) is 32.0 Å². The molecule has 3 heterocycles. The maximum absolute atomic E-state index is 13.1. The van der Waals surface area contributed by atoms with Crippen LogP contribution < -0.4 is 10.6 Å². The highest BCUT2D eigenvalue weighted by Crippen LogP contribution is 2.27. The summed E-state index contributed by atoms with van der Waals surface area (Å²) in [7, 11) is 0. The molecule has 4 rings (SSSR count). The molecule has 2 amide bonds. The van der Waals surface area contributed by atoms with E-state index in [2.05, 4.69) is 15.7 Å². The Bertz CT molecular complexity index is 890. The second-order valence-corrected chi connectivity index (χ2v) is 7.12. The van der Waals surface area contributed by atoms with Gasteiger partial charge < -0.3 is 20.6 Å². The third-order valence-corrected chi connectivity index (χ3v) is 5.18. The summed E-state index contributed by atoms with van der Waals surface area (Å²) >= 11 is 0. The first kappa shape index (κ1) is 18.4. The first-order valence-corrected chi connectivity index (χ1v) is 9.38. The van der Waals surface area contributed by atoms with Gasteiger partial charge in [-0.15, -0.1) is 0 Å². The first-order valence-electron chi connectivity index (χ1n) is 9.38. The minimum Gasteiger partial charge on any atom is -0.504 e. The molecule has 9 heteroatoms. The van der Waals surface area contributed by atoms with Crippen molar-refractivity contribution in [3.05, 3.63) is 47.0 Å². The van der Waals surface area contributed by atoms with Gasteiger partial charge in [0.25, 0.3) is 11.8 Å². The van der Waals surface area contributed by atoms with Crippen LogP contribution in [-0.2, 0) is 13.1 Å². The zero-order valence-corrected chi connectivity index (χ0v) is 15.3. The number of nitrogens with one attached hydrogen (secondary N) is 2. The highest BCUT2D eigenvalue weighted by Gasteiger charge is 2.34. The topological polar surface area (TPSA) is 99.5 Å². The van der Waals surface area contributed by atoms with Crippen LogP contribution in [0.5, 0.6) is 5.75 Å². The standard InChI is InChI=1S/C19H22FN5O3/c20-13-3-1-12(2-4-13)11-24-9-10-25-16(19(24)28)17(26)15(23-25)18(27)22-14-5-7-21-8-6-14/h1-4,14,21,26H,5-11H2,(H,22,27). The Kier molecular flexibility index (Phi) is 4.99. The number of nitrogens with zero attached hydrogens (tertiary/aromatic N) is 3. The Morgan fingerprint density at radius 2 is 1.96 bits per heavy atom. The lowest BCUT2D eigenvalue weighted by Gasteiger charge is -2.27. The van der Waals surface area contributed by atoms with Gasteiger partial charge in [0.05, 0.1) is 6.54 Å². The molecule has 0 unspecified atom stereocenters. The van der Waals surface area contributed by atoms with E-state index < -0.39 is 11.8 Å². The van der Waals surface area contributed by atoms with Gasteiger partial charge in [0.2, 0.25) is 0 Å². The number of benzene rings is 1. The molecule has 0 aliphatic carbocycles. The number of carbonyl (C=O) groups excluding carboxylic acids is 2. The van der Waals surface area contributed by atoms with Crippen LogP contribution >= 0.6 is 0 Å². The number of fused-ring (bicyclic) bond motifs is 1. The van der Waals surface area contributed by atoms with Crippen LogP contribution in [0.4, 0.5) is 4.39 Å². The minimum atomic E-state index is -0.468. The van der Waals surface area contributed by atoms with Crippen LogP contribution in [0.2, 0.25) is 0 Å². The van der Waals surface area contributed by atoms with Gasteiger partial charge in [-0.25, -0.2) is 4.39 Å². The van der Waals surface area contributed by atoms with E-state index in [-0.39, 0.29) is 29.0 Å². The van der Waals surface area contributed by atoms with E-state index in [1.807, 2.05) is 0 Å². The molecular formula is C19H22FN5O3. The lowest BCUT2D eigenvalue weighted by atomic mass is 10.1. The molecule has 148 valence electrons. The average molecular weight is 387 g/mol. The molecule has 2 aromatic rings. The fraction of sp³-hybridized carbons (Fsp3) is 0.421. The fourth-order valence-corrected chi connectivity index (χ4v) is 3.63. The van der Waals surface area contributed by atoms with E-state index >= 15 is 0 Å². The first-order chi connectivity index (χ1) is 13.5. The number of hydrogen-bond donors (Lipinski definition) is 3. The summed E-state index contributed by atoms with van der Waals surface area (Å²) in [4.78, 5) is 26.9. The molecule has 0 spiro atoms. The van der Waals surface area contributed by atoms with E-state index in [0.717, 1.165) is 31.5 Å². The molecule has 1 aromatic heterocycles. The van der Waals surface area contributed by atoms with Crippen LogP contribution in [0, 0.1) is 5.82 Å². The Morgan fingerprint density at radius 3 is 2.68 bits per heavy atom. The van der Waals surface area contributed by atoms with E-state index in [0.29, 0.717) is 19.6 Å². The van der Waals surface area contributed by atoms with Gasteiger partial charge in [0.15, 0.2) is 17.1 Å². The highest BCUT2D eigenvalue weighted by molar-refractivity contribution is 6.02. The van der Waals surface area contributed by atoms with Crippen LogP contribution in [0.15, 0.2) is 24.3 Å². The predicted octanol–water partition coefficient (Wildman–Crippen LogP) is 0.866. The van der Waals surface area contributed by atoms with Crippen LogP contribution in [0.1, 0.15) is 39.4 Å². The third kappa shape index (κ3) is 3.57. The van der Waals surface area contributed by atoms with Crippen molar-refractivity contribution >= 4 is 11.8 Å². The van der Waals surface area contributed by atoms with Gasteiger partial charge in [0.1, 0.15) is 5.82 Å². The molecule has 3 N–H and O–H groups in total. The fourth-order valence-electron chi connectivity index (χ4n) is 3.63. The second-order valence-electron chi connectivity index (χ2n) is 7.12. The lowest BCUT2D eigenvalue weighted by Crippen LogP contribution is -2.42. The molecule has 28 heavy (non-hydrogen) atoms. The van der Waals surface area contributed by atoms with Crippen molar-refractivity contribution in [2.75, 3.05) is 19.6 Å². The summed E-state index contributed by atoms with van der Waals surface area (Å²) in [5, 5.41) is 20.8. The Balaban J connectivity index is 1.50. The van der Waals surface area contributed by atoms with Crippen molar-refractivity contribution in [3.8, 4) is 5.75 Å². The van der Waals surface area contributed by atoms with E-state index in [1.54, 1.807) is 17.0 Å². The van der Waals surface area contributed by atoms with Crippen molar-refractivity contribution in [3.63, 3.8) is 0 Å². The summed E-state index contributed by atoms with van der Waals surface area (Å²) in [6.07, 6.45) is 1.62. The number of aromatic nitrogens is 2. The number of hydrogen-bond acceptors (Lipinski definition) is 5. The predicted molar refractivity (Wildman–Crippen MR) is 98.4 cm³/mol. The number of halogens is 1. The SMILES string of the molecule is O=C(NC1CCNCC1)c1nn2c(c1O)C(=O)N(Cc1ccc(F)cc1)CC2. The molecule has 2 aliphatic heterocycles. The molecule has 0 radical (unpaired) electrons. The molecular weight excluding hydrogens is 365 g/mol. The van der Waals surface area contributed by atoms with E-state index in [9.17, 15) is 19.1 Å². The highest BCUT2D eigenvalue weighted by atomic mass is 19.1. The van der Waals surface area contributed by atoms with Crippen LogP contribution in [0.25, 0.3) is 0 Å². The molecule has 1 fully saturated rings. The summed E-state index contributed by atoms with van der Waals surface area (Å²) in [6, 6.07) is 5.94. The number of rotatable bonds is 4. The largest absolute Gasteiger partial charge is 0.504 e. The van der Waals surface area contributed by atoms with Crippen molar-refractivity contribution in [2.24, 2.45) is 0 Å².